The smallest absolute Gasteiger partial charge is 0.227 e. The predicted molar refractivity (Wildman–Crippen MR) is 78.8 cm³/mol. The largest absolute Gasteiger partial charge is 0.342 e. The van der Waals surface area contributed by atoms with Crippen LogP contribution in [-0.2, 0) is 16.0 Å². The van der Waals surface area contributed by atoms with Crippen LogP contribution in [0.5, 0.6) is 0 Å². The van der Waals surface area contributed by atoms with E-state index in [0.29, 0.717) is 32.6 Å². The van der Waals surface area contributed by atoms with Gasteiger partial charge < -0.3 is 14.8 Å². The minimum absolute atomic E-state index is 0.108. The number of aromatic nitrogens is 2. The predicted octanol–water partition coefficient (Wildman–Crippen LogP) is 0.714. The summed E-state index contributed by atoms with van der Waals surface area (Å²) in [6.07, 6.45) is 1.23. The topological polar surface area (TPSA) is 69.3 Å². The first-order valence-corrected chi connectivity index (χ1v) is 7.08. The zero-order valence-electron chi connectivity index (χ0n) is 12.0. The molecule has 0 atom stereocenters. The number of nitrogens with zero attached hydrogens (tertiary/aromatic N) is 3. The van der Waals surface area contributed by atoms with Gasteiger partial charge in [-0.15, -0.1) is 0 Å². The maximum atomic E-state index is 12.3. The van der Waals surface area contributed by atoms with E-state index in [1.165, 1.54) is 0 Å². The molecule has 6 heteroatoms. The fraction of sp³-hybridized carbons (Fsp3) is 0.400. The van der Waals surface area contributed by atoms with Gasteiger partial charge in [-0.25, -0.2) is 4.98 Å². The van der Waals surface area contributed by atoms with Gasteiger partial charge >= 0.3 is 0 Å². The van der Waals surface area contributed by atoms with E-state index in [0.717, 1.165) is 28.8 Å². The number of hydrogen-bond donors (Lipinski definition) is 1. The fourth-order valence-corrected chi connectivity index (χ4v) is 2.66. The molecule has 0 spiro atoms. The molecule has 2 heterocycles. The third kappa shape index (κ3) is 2.89. The number of imidazole rings is 1. The summed E-state index contributed by atoms with van der Waals surface area (Å²) in [6.45, 7) is 4.38. The highest BCUT2D eigenvalue weighted by atomic mass is 16.2. The number of fused-ring (bicyclic) bond motifs is 1. The number of piperazine rings is 1. The molecule has 1 aromatic carbocycles. The zero-order valence-corrected chi connectivity index (χ0v) is 12.0. The van der Waals surface area contributed by atoms with Crippen molar-refractivity contribution in [2.45, 2.75) is 13.3 Å². The van der Waals surface area contributed by atoms with Crippen LogP contribution in [0.25, 0.3) is 11.0 Å². The normalized spacial score (nSPS) is 15.5. The Morgan fingerprint density at radius 1 is 1.33 bits per heavy atom. The van der Waals surface area contributed by atoms with E-state index in [4.69, 9.17) is 0 Å². The molecule has 3 rings (SSSR count). The minimum Gasteiger partial charge on any atom is -0.342 e. The number of aryl methyl sites for hydroxylation is 1. The summed E-state index contributed by atoms with van der Waals surface area (Å²) in [4.78, 5) is 34.0. The van der Waals surface area contributed by atoms with Crippen LogP contribution in [0, 0.1) is 6.92 Å². The lowest BCUT2D eigenvalue weighted by atomic mass is 10.1. The van der Waals surface area contributed by atoms with Gasteiger partial charge in [-0.05, 0) is 24.6 Å². The third-order valence-electron chi connectivity index (χ3n) is 3.84. The van der Waals surface area contributed by atoms with E-state index in [9.17, 15) is 9.59 Å². The van der Waals surface area contributed by atoms with Gasteiger partial charge in [0.05, 0.1) is 17.5 Å². The van der Waals surface area contributed by atoms with E-state index in [1.54, 1.807) is 4.90 Å². The molecule has 2 aromatic rings. The summed E-state index contributed by atoms with van der Waals surface area (Å²) in [5, 5.41) is 0. The number of benzene rings is 1. The second kappa shape index (κ2) is 5.55. The lowest BCUT2D eigenvalue weighted by Gasteiger charge is -2.32. The average Bonchev–Trinajstić information content (AvgIpc) is 2.86. The Bertz CT molecular complexity index is 671. The first-order valence-electron chi connectivity index (χ1n) is 7.08. The summed E-state index contributed by atoms with van der Waals surface area (Å²) in [7, 11) is 0. The quantitative estimate of drug-likeness (QED) is 0.845. The van der Waals surface area contributed by atoms with E-state index >= 15 is 0 Å². The van der Waals surface area contributed by atoms with Crippen LogP contribution in [0.1, 0.15) is 11.4 Å². The first-order chi connectivity index (χ1) is 10.2. The van der Waals surface area contributed by atoms with Crippen molar-refractivity contribution in [1.29, 1.82) is 0 Å². The molecule has 0 radical (unpaired) electrons. The van der Waals surface area contributed by atoms with Crippen LogP contribution in [0.3, 0.4) is 0 Å². The van der Waals surface area contributed by atoms with Crippen LogP contribution >= 0.6 is 0 Å². The first kappa shape index (κ1) is 13.6. The molecule has 0 bridgehead atoms. The summed E-state index contributed by atoms with van der Waals surface area (Å²) < 4.78 is 0. The maximum Gasteiger partial charge on any atom is 0.227 e. The Morgan fingerprint density at radius 2 is 2.10 bits per heavy atom. The molecular formula is C15H18N4O2. The molecule has 1 N–H and O–H groups in total. The number of nitrogens with one attached hydrogen (secondary N) is 1. The van der Waals surface area contributed by atoms with Crippen LogP contribution in [0.4, 0.5) is 0 Å². The molecular weight excluding hydrogens is 268 g/mol. The summed E-state index contributed by atoms with van der Waals surface area (Å²) >= 11 is 0. The maximum absolute atomic E-state index is 12.3. The molecule has 0 saturated carbocycles. The van der Waals surface area contributed by atoms with Gasteiger partial charge in [0.25, 0.3) is 0 Å². The van der Waals surface area contributed by atoms with E-state index in [2.05, 4.69) is 9.97 Å². The van der Waals surface area contributed by atoms with Crippen molar-refractivity contribution in [3.8, 4) is 0 Å². The number of hydrogen-bond acceptors (Lipinski definition) is 3. The molecule has 1 aliphatic rings. The summed E-state index contributed by atoms with van der Waals surface area (Å²) in [5.74, 6) is 0.981. The lowest BCUT2D eigenvalue weighted by Crippen LogP contribution is -2.48. The zero-order chi connectivity index (χ0) is 14.8. The summed E-state index contributed by atoms with van der Waals surface area (Å²) in [5.41, 5.74) is 2.86. The van der Waals surface area contributed by atoms with Crippen molar-refractivity contribution in [3.05, 3.63) is 29.6 Å². The van der Waals surface area contributed by atoms with Gasteiger partial charge in [0.15, 0.2) is 0 Å². The second-order valence-electron chi connectivity index (χ2n) is 5.37. The van der Waals surface area contributed by atoms with E-state index < -0.39 is 0 Å². The van der Waals surface area contributed by atoms with Crippen molar-refractivity contribution in [3.63, 3.8) is 0 Å². The number of carbonyl (C=O) groups is 2. The van der Waals surface area contributed by atoms with E-state index in [-0.39, 0.29) is 5.91 Å². The molecule has 1 fully saturated rings. The number of aromatic amines is 1. The van der Waals surface area contributed by atoms with Gasteiger partial charge in [-0.1, -0.05) is 6.07 Å². The number of amides is 2. The van der Waals surface area contributed by atoms with Crippen LogP contribution < -0.4 is 0 Å². The van der Waals surface area contributed by atoms with Gasteiger partial charge in [-0.2, -0.15) is 0 Å². The monoisotopic (exact) mass is 286 g/mol. The number of carbonyl (C=O) groups excluding carboxylic acids is 2. The van der Waals surface area contributed by atoms with Crippen molar-refractivity contribution in [2.75, 3.05) is 26.2 Å². The second-order valence-corrected chi connectivity index (χ2v) is 5.37. The van der Waals surface area contributed by atoms with Crippen molar-refractivity contribution in [1.82, 2.24) is 19.8 Å². The Balaban J connectivity index is 1.67. The van der Waals surface area contributed by atoms with Crippen molar-refractivity contribution >= 4 is 23.4 Å². The fourth-order valence-electron chi connectivity index (χ4n) is 2.66. The van der Waals surface area contributed by atoms with Gasteiger partial charge in [0.2, 0.25) is 12.3 Å². The average molecular weight is 286 g/mol. The minimum atomic E-state index is 0.108. The molecule has 21 heavy (non-hydrogen) atoms. The third-order valence-corrected chi connectivity index (χ3v) is 3.84. The summed E-state index contributed by atoms with van der Waals surface area (Å²) in [6, 6.07) is 5.86. The molecule has 1 aliphatic heterocycles. The SMILES string of the molecule is Cc1nc2ccc(CC(=O)N3CCN(C=O)CC3)cc2[nH]1. The highest BCUT2D eigenvalue weighted by Crippen LogP contribution is 2.15. The van der Waals surface area contributed by atoms with Crippen molar-refractivity contribution < 1.29 is 9.59 Å². The van der Waals surface area contributed by atoms with Crippen molar-refractivity contribution in [2.24, 2.45) is 0 Å². The van der Waals surface area contributed by atoms with Gasteiger partial charge in [-0.3, -0.25) is 9.59 Å². The van der Waals surface area contributed by atoms with Crippen LogP contribution in [0.2, 0.25) is 0 Å². The number of H-pyrrole nitrogens is 1. The van der Waals surface area contributed by atoms with Gasteiger partial charge in [0.1, 0.15) is 5.82 Å². The molecule has 1 aromatic heterocycles. The molecule has 110 valence electrons. The Kier molecular flexibility index (Phi) is 3.60. The van der Waals surface area contributed by atoms with Crippen LogP contribution in [0.15, 0.2) is 18.2 Å². The molecule has 0 aliphatic carbocycles. The molecule has 0 unspecified atom stereocenters. The highest BCUT2D eigenvalue weighted by molar-refractivity contribution is 5.82. The Labute approximate surface area is 122 Å². The lowest BCUT2D eigenvalue weighted by molar-refractivity contribution is -0.134. The highest BCUT2D eigenvalue weighted by Gasteiger charge is 2.20. The van der Waals surface area contributed by atoms with Gasteiger partial charge in [0, 0.05) is 26.2 Å². The molecule has 1 saturated heterocycles. The Morgan fingerprint density at radius 3 is 2.81 bits per heavy atom. The Hall–Kier alpha value is -2.37. The number of rotatable bonds is 3. The molecule has 2 amide bonds. The molecule has 6 nitrogen and oxygen atoms in total. The standard InChI is InChI=1S/C15H18N4O2/c1-11-16-13-3-2-12(8-14(13)17-11)9-15(21)19-6-4-18(10-20)5-7-19/h2-3,8,10H,4-7,9H2,1H3,(H,16,17). The van der Waals surface area contributed by atoms with Crippen LogP contribution in [-0.4, -0.2) is 58.3 Å². The van der Waals surface area contributed by atoms with E-state index in [1.807, 2.05) is 30.0 Å².